The van der Waals surface area contributed by atoms with Gasteiger partial charge in [0.25, 0.3) is 0 Å². The van der Waals surface area contributed by atoms with Crippen LogP contribution in [0.4, 0.5) is 5.69 Å². The Hall–Kier alpha value is -4.28. The summed E-state index contributed by atoms with van der Waals surface area (Å²) in [5, 5.41) is 9.26. The van der Waals surface area contributed by atoms with Gasteiger partial charge in [0, 0.05) is 32.0 Å². The van der Waals surface area contributed by atoms with E-state index in [0.29, 0.717) is 67.3 Å². The van der Waals surface area contributed by atoms with Crippen LogP contribution in [0.3, 0.4) is 0 Å². The summed E-state index contributed by atoms with van der Waals surface area (Å²) in [6, 6.07) is 6.68. The summed E-state index contributed by atoms with van der Waals surface area (Å²) >= 11 is 0. The van der Waals surface area contributed by atoms with E-state index in [4.69, 9.17) is 18.9 Å². The van der Waals surface area contributed by atoms with E-state index in [1.807, 2.05) is 12.1 Å². The van der Waals surface area contributed by atoms with Gasteiger partial charge in [-0.25, -0.2) is 0 Å². The van der Waals surface area contributed by atoms with Crippen molar-refractivity contribution in [2.75, 3.05) is 46.8 Å². The first-order valence-corrected chi connectivity index (χ1v) is 16.0. The van der Waals surface area contributed by atoms with E-state index in [9.17, 15) is 19.2 Å². The maximum atomic E-state index is 13.5. The maximum absolute atomic E-state index is 13.5. The molecule has 1 unspecified atom stereocenters. The number of carbonyl (C=O) groups is 3. The standard InChI is InChI=1S/C35H47N3O8/c1-22(39)38-26-13-11-23-18-29(43-2)33(45-4)34(46-5)32(23)24-12-14-27(28(40)19-25(24)26)36-17-9-10-30(41)37-21-35(20-31(42)44-3)15-7-6-8-16-35/h12,14,18-19,26H,6-11,13,15-17,20-21H2,1-5H3,(H,36,40)(H,37,41)(H,38,39). The molecule has 46 heavy (non-hydrogen) atoms. The van der Waals surface area contributed by atoms with Crippen LogP contribution in [0.1, 0.15) is 81.9 Å². The molecule has 4 rings (SSSR count). The molecular weight excluding hydrogens is 590 g/mol. The minimum absolute atomic E-state index is 0.0875. The van der Waals surface area contributed by atoms with Crippen LogP contribution in [-0.2, 0) is 25.5 Å². The molecule has 2 aromatic carbocycles. The average Bonchev–Trinajstić information content (AvgIpc) is 3.29. The Labute approximate surface area is 270 Å². The number of hydrogen-bond acceptors (Lipinski definition) is 9. The van der Waals surface area contributed by atoms with Crippen LogP contribution in [-0.4, -0.2) is 59.3 Å². The molecule has 0 heterocycles. The summed E-state index contributed by atoms with van der Waals surface area (Å²) in [5.41, 5.74) is 3.06. The highest BCUT2D eigenvalue weighted by molar-refractivity contribution is 5.84. The summed E-state index contributed by atoms with van der Waals surface area (Å²) < 4.78 is 22.0. The molecule has 11 heteroatoms. The minimum Gasteiger partial charge on any atom is -0.493 e. The highest BCUT2D eigenvalue weighted by Gasteiger charge is 2.35. The van der Waals surface area contributed by atoms with Crippen molar-refractivity contribution >= 4 is 23.5 Å². The van der Waals surface area contributed by atoms with E-state index < -0.39 is 6.04 Å². The first kappa shape index (κ1) is 34.6. The zero-order valence-corrected chi connectivity index (χ0v) is 27.6. The van der Waals surface area contributed by atoms with Gasteiger partial charge in [-0.1, -0.05) is 25.3 Å². The zero-order valence-electron chi connectivity index (χ0n) is 27.6. The van der Waals surface area contributed by atoms with Crippen molar-refractivity contribution in [2.45, 2.75) is 77.2 Å². The molecule has 0 radical (unpaired) electrons. The SMILES string of the molecule is COC(=O)CC1(CNC(=O)CCCNc2ccc3c(cc2=O)C(NC(C)=O)CCc2cc(OC)c(OC)c(OC)c2-3)CCCCC1. The number of benzene rings is 1. The van der Waals surface area contributed by atoms with Gasteiger partial charge < -0.3 is 34.9 Å². The van der Waals surface area contributed by atoms with E-state index >= 15 is 0 Å². The number of methoxy groups -OCH3 is 4. The predicted molar refractivity (Wildman–Crippen MR) is 176 cm³/mol. The molecule has 2 aliphatic rings. The molecule has 2 aliphatic carbocycles. The Bertz CT molecular complexity index is 1490. The van der Waals surface area contributed by atoms with Crippen LogP contribution in [0.2, 0.25) is 0 Å². The third-order valence-corrected chi connectivity index (χ3v) is 9.13. The third-order valence-electron chi connectivity index (χ3n) is 9.13. The third kappa shape index (κ3) is 8.10. The van der Waals surface area contributed by atoms with Crippen molar-refractivity contribution < 1.29 is 33.3 Å². The highest BCUT2D eigenvalue weighted by Crippen LogP contribution is 2.50. The van der Waals surface area contributed by atoms with Gasteiger partial charge in [0.1, 0.15) is 0 Å². The van der Waals surface area contributed by atoms with Gasteiger partial charge >= 0.3 is 5.97 Å². The fourth-order valence-electron chi connectivity index (χ4n) is 6.80. The summed E-state index contributed by atoms with van der Waals surface area (Å²) in [4.78, 5) is 50.5. The Morgan fingerprint density at radius 2 is 1.70 bits per heavy atom. The van der Waals surface area contributed by atoms with Crippen molar-refractivity contribution in [3.8, 4) is 28.4 Å². The molecule has 1 atom stereocenters. The second-order valence-corrected chi connectivity index (χ2v) is 12.2. The van der Waals surface area contributed by atoms with Crippen LogP contribution in [0, 0.1) is 5.41 Å². The lowest BCUT2D eigenvalue weighted by Gasteiger charge is -2.36. The highest BCUT2D eigenvalue weighted by atomic mass is 16.5. The number of anilines is 1. The van der Waals surface area contributed by atoms with E-state index in [1.54, 1.807) is 33.5 Å². The number of amides is 2. The average molecular weight is 638 g/mol. The number of esters is 1. The molecule has 0 spiro atoms. The molecule has 11 nitrogen and oxygen atoms in total. The fraction of sp³-hybridized carbons (Fsp3) is 0.543. The summed E-state index contributed by atoms with van der Waals surface area (Å²) in [6.45, 7) is 2.32. The smallest absolute Gasteiger partial charge is 0.306 e. The Kier molecular flexibility index (Phi) is 11.9. The predicted octanol–water partition coefficient (Wildman–Crippen LogP) is 4.68. The first-order valence-electron chi connectivity index (χ1n) is 16.0. The lowest BCUT2D eigenvalue weighted by atomic mass is 9.71. The molecule has 3 N–H and O–H groups in total. The Morgan fingerprint density at radius 3 is 2.35 bits per heavy atom. The molecule has 0 bridgehead atoms. The lowest BCUT2D eigenvalue weighted by molar-refractivity contribution is -0.144. The van der Waals surface area contributed by atoms with E-state index in [2.05, 4.69) is 16.0 Å². The summed E-state index contributed by atoms with van der Waals surface area (Å²) in [5.74, 6) is 0.938. The Balaban J connectivity index is 1.52. The fourth-order valence-corrected chi connectivity index (χ4v) is 6.80. The molecule has 2 aromatic rings. The number of rotatable bonds is 13. The van der Waals surface area contributed by atoms with Crippen LogP contribution >= 0.6 is 0 Å². The van der Waals surface area contributed by atoms with Crippen molar-refractivity contribution in [3.63, 3.8) is 0 Å². The molecule has 250 valence electrons. The topological polar surface area (TPSA) is 141 Å². The number of aryl methyl sites for hydroxylation is 1. The molecule has 0 aromatic heterocycles. The number of fused-ring (bicyclic) bond motifs is 3. The number of nitrogens with one attached hydrogen (secondary N) is 3. The zero-order chi connectivity index (χ0) is 33.3. The van der Waals surface area contributed by atoms with E-state index in [1.165, 1.54) is 14.0 Å². The van der Waals surface area contributed by atoms with Gasteiger partial charge in [0.2, 0.25) is 23.0 Å². The monoisotopic (exact) mass is 637 g/mol. The molecule has 1 saturated carbocycles. The van der Waals surface area contributed by atoms with Crippen molar-refractivity contribution in [3.05, 3.63) is 45.6 Å². The normalized spacial score (nSPS) is 16.5. The van der Waals surface area contributed by atoms with Crippen LogP contribution < -0.4 is 35.6 Å². The number of carbonyl (C=O) groups excluding carboxylic acids is 3. The Morgan fingerprint density at radius 1 is 0.957 bits per heavy atom. The van der Waals surface area contributed by atoms with E-state index in [-0.39, 0.29) is 35.0 Å². The second-order valence-electron chi connectivity index (χ2n) is 12.2. The number of hydrogen-bond donors (Lipinski definition) is 3. The second kappa shape index (κ2) is 15.8. The van der Waals surface area contributed by atoms with Gasteiger partial charge in [-0.05, 0) is 72.4 Å². The van der Waals surface area contributed by atoms with Crippen LogP contribution in [0.25, 0.3) is 11.1 Å². The van der Waals surface area contributed by atoms with Crippen LogP contribution in [0.15, 0.2) is 29.1 Å². The first-order chi connectivity index (χ1) is 22.1. The van der Waals surface area contributed by atoms with Gasteiger partial charge in [-0.3, -0.25) is 19.2 Å². The van der Waals surface area contributed by atoms with Gasteiger partial charge in [-0.2, -0.15) is 0 Å². The molecular formula is C35H47N3O8. The minimum atomic E-state index is -0.398. The number of ether oxygens (including phenoxy) is 4. The largest absolute Gasteiger partial charge is 0.493 e. The van der Waals surface area contributed by atoms with Crippen molar-refractivity contribution in [1.82, 2.24) is 10.6 Å². The maximum Gasteiger partial charge on any atom is 0.306 e. The van der Waals surface area contributed by atoms with Gasteiger partial charge in [-0.15, -0.1) is 0 Å². The van der Waals surface area contributed by atoms with Gasteiger partial charge in [0.15, 0.2) is 11.5 Å². The lowest BCUT2D eigenvalue weighted by Crippen LogP contribution is -2.40. The van der Waals surface area contributed by atoms with E-state index in [0.717, 1.165) is 48.8 Å². The van der Waals surface area contributed by atoms with Gasteiger partial charge in [0.05, 0.1) is 46.6 Å². The van der Waals surface area contributed by atoms with Crippen LogP contribution in [0.5, 0.6) is 17.2 Å². The molecule has 2 amide bonds. The molecule has 1 fully saturated rings. The molecule has 0 saturated heterocycles. The van der Waals surface area contributed by atoms with Crippen molar-refractivity contribution in [1.29, 1.82) is 0 Å². The quantitative estimate of drug-likeness (QED) is 0.211. The molecule has 0 aliphatic heterocycles. The van der Waals surface area contributed by atoms with Crippen molar-refractivity contribution in [2.24, 2.45) is 5.41 Å². The summed E-state index contributed by atoms with van der Waals surface area (Å²) in [6.07, 6.45) is 7.29. The summed E-state index contributed by atoms with van der Waals surface area (Å²) in [7, 11) is 6.07.